The van der Waals surface area contributed by atoms with Gasteiger partial charge in [0.15, 0.2) is 5.76 Å². The number of hydrogen-bond acceptors (Lipinski definition) is 3. The molecule has 7 heteroatoms. The quantitative estimate of drug-likeness (QED) is 0.706. The van der Waals surface area contributed by atoms with Crippen LogP contribution in [0.25, 0.3) is 11.1 Å². The molecule has 0 saturated carbocycles. The molecule has 3 aromatic rings. The maximum Gasteiger partial charge on any atom is 0.426 e. The first-order chi connectivity index (χ1) is 11.0. The number of halogens is 3. The molecular weight excluding hydrogens is 327 g/mol. The van der Waals surface area contributed by atoms with E-state index in [0.29, 0.717) is 16.9 Å². The highest BCUT2D eigenvalue weighted by atomic mass is 32.1. The molecule has 0 unspecified atom stereocenters. The van der Waals surface area contributed by atoms with Crippen LogP contribution in [0.5, 0.6) is 0 Å². The Kier molecular flexibility index (Phi) is 3.96. The van der Waals surface area contributed by atoms with Crippen molar-refractivity contribution in [3.63, 3.8) is 0 Å². The van der Waals surface area contributed by atoms with E-state index in [-0.39, 0.29) is 17.0 Å². The second-order valence-corrected chi connectivity index (χ2v) is 5.53. The molecule has 1 amide bonds. The number of anilines is 1. The number of furan rings is 1. The molecular formula is C16H10F3NO2S. The van der Waals surface area contributed by atoms with E-state index >= 15 is 0 Å². The number of amides is 1. The number of alkyl halides is 3. The topological polar surface area (TPSA) is 42.2 Å². The van der Waals surface area contributed by atoms with E-state index in [1.165, 1.54) is 23.8 Å². The number of benzene rings is 1. The average molecular weight is 337 g/mol. The molecule has 0 fully saturated rings. The zero-order chi connectivity index (χ0) is 16.4. The Morgan fingerprint density at radius 1 is 1.09 bits per heavy atom. The monoisotopic (exact) mass is 337 g/mol. The van der Waals surface area contributed by atoms with Crippen molar-refractivity contribution in [2.45, 2.75) is 6.18 Å². The number of thiophene rings is 1. The minimum atomic E-state index is -4.50. The maximum absolute atomic E-state index is 13.2. The highest BCUT2D eigenvalue weighted by Crippen LogP contribution is 2.45. The smallest absolute Gasteiger partial charge is 0.426 e. The second kappa shape index (κ2) is 5.92. The fourth-order valence-corrected chi connectivity index (χ4v) is 3.03. The van der Waals surface area contributed by atoms with E-state index in [0.717, 1.165) is 0 Å². The molecule has 3 rings (SSSR count). The zero-order valence-electron chi connectivity index (χ0n) is 11.6. The van der Waals surface area contributed by atoms with E-state index in [4.69, 9.17) is 4.42 Å². The van der Waals surface area contributed by atoms with Gasteiger partial charge in [0.1, 0.15) is 4.88 Å². The minimum absolute atomic E-state index is 0.0313. The van der Waals surface area contributed by atoms with Crippen molar-refractivity contribution in [1.82, 2.24) is 0 Å². The molecule has 2 aromatic heterocycles. The van der Waals surface area contributed by atoms with Gasteiger partial charge in [0.25, 0.3) is 5.91 Å². The second-order valence-electron chi connectivity index (χ2n) is 4.65. The first kappa shape index (κ1) is 15.4. The van der Waals surface area contributed by atoms with Gasteiger partial charge in [-0.25, -0.2) is 0 Å². The first-order valence-electron chi connectivity index (χ1n) is 6.56. The van der Waals surface area contributed by atoms with Crippen molar-refractivity contribution < 1.29 is 22.4 Å². The minimum Gasteiger partial charge on any atom is -0.459 e. The average Bonchev–Trinajstić information content (AvgIpc) is 3.17. The number of rotatable bonds is 3. The van der Waals surface area contributed by atoms with Crippen LogP contribution in [0.4, 0.5) is 18.9 Å². The number of carbonyl (C=O) groups is 1. The number of nitrogens with one attached hydrogen (secondary N) is 1. The highest BCUT2D eigenvalue weighted by molar-refractivity contribution is 7.11. The van der Waals surface area contributed by atoms with Gasteiger partial charge in [-0.1, -0.05) is 30.3 Å². The lowest BCUT2D eigenvalue weighted by Gasteiger charge is -2.11. The predicted octanol–water partition coefficient (Wildman–Crippen LogP) is 5.28. The first-order valence-corrected chi connectivity index (χ1v) is 7.44. The standard InChI is InChI=1S/C16H10F3NO2S/c17-16(18,19)14-13(10-5-2-1-3-6-10)11(9-23-14)20-15(21)12-7-4-8-22-12/h1-9H,(H,20,21). The SMILES string of the molecule is O=C(Nc1csc(C(F)(F)F)c1-c1ccccc1)c1ccco1. The lowest BCUT2D eigenvalue weighted by Crippen LogP contribution is -2.12. The van der Waals surface area contributed by atoms with Crippen molar-refractivity contribution in [2.75, 3.05) is 5.32 Å². The molecule has 0 aliphatic rings. The lowest BCUT2D eigenvalue weighted by molar-refractivity contribution is -0.133. The van der Waals surface area contributed by atoms with Gasteiger partial charge in [-0.2, -0.15) is 13.2 Å². The summed E-state index contributed by atoms with van der Waals surface area (Å²) < 4.78 is 44.7. The Bertz CT molecular complexity index is 808. The molecule has 0 spiro atoms. The van der Waals surface area contributed by atoms with Crippen LogP contribution in [0, 0.1) is 0 Å². The third-order valence-electron chi connectivity index (χ3n) is 3.10. The lowest BCUT2D eigenvalue weighted by atomic mass is 10.0. The van der Waals surface area contributed by atoms with Gasteiger partial charge in [0.2, 0.25) is 0 Å². The van der Waals surface area contributed by atoms with Crippen molar-refractivity contribution >= 4 is 22.9 Å². The van der Waals surface area contributed by atoms with E-state index in [9.17, 15) is 18.0 Å². The van der Waals surface area contributed by atoms with E-state index in [1.807, 2.05) is 0 Å². The summed E-state index contributed by atoms with van der Waals surface area (Å²) in [6.45, 7) is 0. The van der Waals surface area contributed by atoms with Crippen LogP contribution >= 0.6 is 11.3 Å². The van der Waals surface area contributed by atoms with Gasteiger partial charge >= 0.3 is 6.18 Å². The summed E-state index contributed by atoms with van der Waals surface area (Å²) in [5.41, 5.74) is 0.453. The Hall–Kier alpha value is -2.54. The van der Waals surface area contributed by atoms with Crippen LogP contribution in [-0.4, -0.2) is 5.91 Å². The molecule has 0 saturated heterocycles. The summed E-state index contributed by atoms with van der Waals surface area (Å²) in [5, 5.41) is 3.77. The maximum atomic E-state index is 13.2. The molecule has 23 heavy (non-hydrogen) atoms. The molecule has 0 radical (unpaired) electrons. The van der Waals surface area contributed by atoms with Crippen LogP contribution in [-0.2, 0) is 6.18 Å². The van der Waals surface area contributed by atoms with Crippen molar-refractivity contribution in [3.8, 4) is 11.1 Å². The van der Waals surface area contributed by atoms with Crippen molar-refractivity contribution in [3.05, 3.63) is 64.7 Å². The highest BCUT2D eigenvalue weighted by Gasteiger charge is 2.37. The molecule has 1 N–H and O–H groups in total. The van der Waals surface area contributed by atoms with Gasteiger partial charge in [-0.15, -0.1) is 11.3 Å². The summed E-state index contributed by atoms with van der Waals surface area (Å²) in [4.78, 5) is 11.3. The molecule has 1 aromatic carbocycles. The molecule has 118 valence electrons. The van der Waals surface area contributed by atoms with Gasteiger partial charge in [0, 0.05) is 10.9 Å². The van der Waals surface area contributed by atoms with Crippen LogP contribution < -0.4 is 5.32 Å². The third kappa shape index (κ3) is 3.14. The third-order valence-corrected chi connectivity index (χ3v) is 4.13. The number of hydrogen-bond donors (Lipinski definition) is 1. The summed E-state index contributed by atoms with van der Waals surface area (Å²) in [6, 6.07) is 11.1. The zero-order valence-corrected chi connectivity index (χ0v) is 12.4. The molecule has 0 bridgehead atoms. The molecule has 0 aliphatic carbocycles. The Morgan fingerprint density at radius 3 is 2.43 bits per heavy atom. The van der Waals surface area contributed by atoms with Crippen LogP contribution in [0.15, 0.2) is 58.5 Å². The van der Waals surface area contributed by atoms with Gasteiger partial charge in [-0.05, 0) is 17.7 Å². The fourth-order valence-electron chi connectivity index (χ4n) is 2.14. The predicted molar refractivity (Wildman–Crippen MR) is 81.4 cm³/mol. The summed E-state index contributed by atoms with van der Waals surface area (Å²) in [7, 11) is 0. The largest absolute Gasteiger partial charge is 0.459 e. The molecule has 3 nitrogen and oxygen atoms in total. The number of carbonyl (C=O) groups excluding carboxylic acids is 1. The summed E-state index contributed by atoms with van der Waals surface area (Å²) in [5.74, 6) is -0.567. The van der Waals surface area contributed by atoms with E-state index in [1.54, 1.807) is 30.3 Å². The summed E-state index contributed by atoms with van der Waals surface area (Å²) >= 11 is 0.547. The van der Waals surface area contributed by atoms with Gasteiger partial charge in [-0.3, -0.25) is 4.79 Å². The van der Waals surface area contributed by atoms with Crippen molar-refractivity contribution in [2.24, 2.45) is 0 Å². The van der Waals surface area contributed by atoms with E-state index in [2.05, 4.69) is 5.32 Å². The fraction of sp³-hybridized carbons (Fsp3) is 0.0625. The van der Waals surface area contributed by atoms with Gasteiger partial charge < -0.3 is 9.73 Å². The van der Waals surface area contributed by atoms with Crippen molar-refractivity contribution in [1.29, 1.82) is 0 Å². The molecule has 0 atom stereocenters. The van der Waals surface area contributed by atoms with Crippen LogP contribution in [0.2, 0.25) is 0 Å². The normalized spacial score (nSPS) is 11.4. The Morgan fingerprint density at radius 2 is 1.83 bits per heavy atom. The van der Waals surface area contributed by atoms with E-state index < -0.39 is 17.0 Å². The van der Waals surface area contributed by atoms with Crippen LogP contribution in [0.1, 0.15) is 15.4 Å². The van der Waals surface area contributed by atoms with Gasteiger partial charge in [0.05, 0.1) is 12.0 Å². The summed E-state index contributed by atoms with van der Waals surface area (Å²) in [6.07, 6.45) is -3.18. The molecule has 2 heterocycles. The Labute approximate surface area is 133 Å². The van der Waals surface area contributed by atoms with Crippen LogP contribution in [0.3, 0.4) is 0 Å². The Balaban J connectivity index is 2.04. The molecule has 0 aliphatic heterocycles.